The Bertz CT molecular complexity index is 367. The minimum absolute atomic E-state index is 0.179. The first-order valence-corrected chi connectivity index (χ1v) is 6.04. The molecule has 2 N–H and O–H groups in total. The highest BCUT2D eigenvalue weighted by molar-refractivity contribution is 7.99. The van der Waals surface area contributed by atoms with Crippen LogP contribution in [0, 0.1) is 0 Å². The number of thioether (sulfide) groups is 1. The van der Waals surface area contributed by atoms with Gasteiger partial charge in [-0.1, -0.05) is 12.1 Å². The summed E-state index contributed by atoms with van der Waals surface area (Å²) in [6, 6.07) is 8.01. The van der Waals surface area contributed by atoms with Crippen LogP contribution in [0.4, 0.5) is 5.69 Å². The smallest absolute Gasteiger partial charge is 0.227 e. The van der Waals surface area contributed by atoms with Crippen LogP contribution in [-0.4, -0.2) is 24.7 Å². The monoisotopic (exact) mass is 222 g/mol. The molecule has 0 aliphatic carbocycles. The number of hydrogen-bond donors (Lipinski definition) is 1. The van der Waals surface area contributed by atoms with Gasteiger partial charge in [-0.25, -0.2) is 0 Å². The van der Waals surface area contributed by atoms with Crippen LogP contribution in [0.3, 0.4) is 0 Å². The zero-order valence-electron chi connectivity index (χ0n) is 8.48. The summed E-state index contributed by atoms with van der Waals surface area (Å²) in [5.41, 5.74) is 6.54. The molecule has 0 spiro atoms. The molecule has 1 aliphatic rings. The van der Waals surface area contributed by atoms with Crippen molar-refractivity contribution in [2.24, 2.45) is 5.73 Å². The second-order valence-corrected chi connectivity index (χ2v) is 4.54. The van der Waals surface area contributed by atoms with Crippen LogP contribution in [0.5, 0.6) is 0 Å². The van der Waals surface area contributed by atoms with Gasteiger partial charge < -0.3 is 10.6 Å². The average Bonchev–Trinajstić information content (AvgIpc) is 2.40. The van der Waals surface area contributed by atoms with Crippen molar-refractivity contribution < 1.29 is 4.79 Å². The lowest BCUT2D eigenvalue weighted by Crippen LogP contribution is -2.35. The van der Waals surface area contributed by atoms with Crippen molar-refractivity contribution in [2.45, 2.75) is 11.3 Å². The molecule has 1 aromatic carbocycles. The first-order valence-electron chi connectivity index (χ1n) is 5.05. The molecule has 1 amide bonds. The lowest BCUT2D eigenvalue weighted by Gasteiger charge is -2.21. The first-order chi connectivity index (χ1) is 7.33. The molecule has 0 fully saturated rings. The molecule has 0 aromatic heterocycles. The van der Waals surface area contributed by atoms with Crippen LogP contribution in [0.1, 0.15) is 6.42 Å². The molecule has 1 aromatic rings. The molecule has 0 saturated heterocycles. The summed E-state index contributed by atoms with van der Waals surface area (Å²) in [4.78, 5) is 14.8. The minimum atomic E-state index is 0.179. The van der Waals surface area contributed by atoms with Crippen LogP contribution in [0.15, 0.2) is 29.2 Å². The van der Waals surface area contributed by atoms with E-state index in [4.69, 9.17) is 5.73 Å². The Morgan fingerprint density at radius 2 is 2.20 bits per heavy atom. The number of nitrogens with zero attached hydrogens (tertiary/aromatic N) is 1. The van der Waals surface area contributed by atoms with E-state index in [-0.39, 0.29) is 5.91 Å². The molecule has 15 heavy (non-hydrogen) atoms. The third-order valence-corrected chi connectivity index (χ3v) is 3.45. The van der Waals surface area contributed by atoms with E-state index < -0.39 is 0 Å². The molecule has 80 valence electrons. The molecule has 0 atom stereocenters. The van der Waals surface area contributed by atoms with Gasteiger partial charge in [-0.2, -0.15) is 0 Å². The molecular weight excluding hydrogens is 208 g/mol. The third-order valence-electron chi connectivity index (χ3n) is 2.38. The molecule has 1 aliphatic heterocycles. The molecule has 2 rings (SSSR count). The average molecular weight is 222 g/mol. The van der Waals surface area contributed by atoms with Crippen LogP contribution in [0.2, 0.25) is 0 Å². The van der Waals surface area contributed by atoms with E-state index in [2.05, 4.69) is 6.07 Å². The number of benzene rings is 1. The van der Waals surface area contributed by atoms with Gasteiger partial charge in [0.15, 0.2) is 0 Å². The normalized spacial score (nSPS) is 16.1. The van der Waals surface area contributed by atoms with Gasteiger partial charge in [0.05, 0.1) is 5.69 Å². The third kappa shape index (κ3) is 2.16. The maximum atomic E-state index is 11.8. The summed E-state index contributed by atoms with van der Waals surface area (Å²) >= 11 is 1.74. The van der Waals surface area contributed by atoms with Gasteiger partial charge in [-0.3, -0.25) is 4.79 Å². The van der Waals surface area contributed by atoms with Gasteiger partial charge >= 0.3 is 0 Å². The molecule has 1 heterocycles. The van der Waals surface area contributed by atoms with Crippen LogP contribution in [-0.2, 0) is 4.79 Å². The summed E-state index contributed by atoms with van der Waals surface area (Å²) in [5.74, 6) is 1.04. The van der Waals surface area contributed by atoms with Crippen molar-refractivity contribution in [2.75, 3.05) is 23.7 Å². The van der Waals surface area contributed by atoms with Crippen molar-refractivity contribution in [1.82, 2.24) is 0 Å². The summed E-state index contributed by atoms with van der Waals surface area (Å²) in [7, 11) is 0. The number of carbonyl (C=O) groups excluding carboxylic acids is 1. The largest absolute Gasteiger partial charge is 0.329 e. The zero-order chi connectivity index (χ0) is 10.7. The van der Waals surface area contributed by atoms with Gasteiger partial charge in [0, 0.05) is 30.2 Å². The molecule has 0 radical (unpaired) electrons. The lowest BCUT2D eigenvalue weighted by molar-refractivity contribution is -0.118. The fourth-order valence-corrected chi connectivity index (χ4v) is 2.69. The van der Waals surface area contributed by atoms with E-state index >= 15 is 0 Å². The Kier molecular flexibility index (Phi) is 3.28. The maximum absolute atomic E-state index is 11.8. The number of carbonyl (C=O) groups is 1. The predicted octanol–water partition coefficient (Wildman–Crippen LogP) is 1.47. The van der Waals surface area contributed by atoms with Crippen LogP contribution < -0.4 is 10.6 Å². The van der Waals surface area contributed by atoms with E-state index in [0.29, 0.717) is 19.5 Å². The van der Waals surface area contributed by atoms with E-state index in [1.807, 2.05) is 18.2 Å². The van der Waals surface area contributed by atoms with Crippen molar-refractivity contribution in [3.63, 3.8) is 0 Å². The van der Waals surface area contributed by atoms with E-state index in [1.54, 1.807) is 16.7 Å². The molecule has 0 saturated carbocycles. The number of fused-ring (bicyclic) bond motifs is 1. The minimum Gasteiger partial charge on any atom is -0.329 e. The molecule has 0 unspecified atom stereocenters. The second-order valence-electron chi connectivity index (χ2n) is 3.40. The van der Waals surface area contributed by atoms with Crippen LogP contribution >= 0.6 is 11.8 Å². The topological polar surface area (TPSA) is 46.3 Å². The van der Waals surface area contributed by atoms with E-state index in [1.165, 1.54) is 4.90 Å². The van der Waals surface area contributed by atoms with Gasteiger partial charge in [0.1, 0.15) is 0 Å². The fourth-order valence-electron chi connectivity index (χ4n) is 1.69. The Morgan fingerprint density at radius 3 is 3.00 bits per heavy atom. The van der Waals surface area contributed by atoms with Gasteiger partial charge in [0.25, 0.3) is 0 Å². The highest BCUT2D eigenvalue weighted by atomic mass is 32.2. The number of para-hydroxylation sites is 1. The number of amides is 1. The van der Waals surface area contributed by atoms with E-state index in [9.17, 15) is 4.79 Å². The van der Waals surface area contributed by atoms with E-state index in [0.717, 1.165) is 11.4 Å². The second kappa shape index (κ2) is 4.68. The maximum Gasteiger partial charge on any atom is 0.227 e. The summed E-state index contributed by atoms with van der Waals surface area (Å²) < 4.78 is 0. The Balaban J connectivity index is 2.38. The number of rotatable bonds is 2. The van der Waals surface area contributed by atoms with Crippen LogP contribution in [0.25, 0.3) is 0 Å². The highest BCUT2D eigenvalue weighted by Crippen LogP contribution is 2.33. The quantitative estimate of drug-likeness (QED) is 0.824. The van der Waals surface area contributed by atoms with Crippen molar-refractivity contribution in [3.05, 3.63) is 24.3 Å². The molecule has 3 nitrogen and oxygen atoms in total. The van der Waals surface area contributed by atoms with Gasteiger partial charge in [-0.15, -0.1) is 11.8 Å². The Hall–Kier alpha value is -1.00. The van der Waals surface area contributed by atoms with Crippen molar-refractivity contribution in [1.29, 1.82) is 0 Å². The van der Waals surface area contributed by atoms with Crippen molar-refractivity contribution in [3.8, 4) is 0 Å². The lowest BCUT2D eigenvalue weighted by atomic mass is 10.2. The number of hydrogen-bond acceptors (Lipinski definition) is 3. The molecular formula is C11H14N2OS. The molecule has 4 heteroatoms. The predicted molar refractivity (Wildman–Crippen MR) is 63.2 cm³/mol. The first kappa shape index (κ1) is 10.5. The highest BCUT2D eigenvalue weighted by Gasteiger charge is 2.21. The zero-order valence-corrected chi connectivity index (χ0v) is 9.30. The summed E-state index contributed by atoms with van der Waals surface area (Å²) in [6.45, 7) is 1.11. The Morgan fingerprint density at radius 1 is 1.40 bits per heavy atom. The van der Waals surface area contributed by atoms with Gasteiger partial charge in [-0.05, 0) is 12.1 Å². The molecule has 0 bridgehead atoms. The summed E-state index contributed by atoms with van der Waals surface area (Å²) in [5, 5.41) is 0. The van der Waals surface area contributed by atoms with Gasteiger partial charge in [0.2, 0.25) is 5.91 Å². The number of anilines is 1. The number of nitrogens with two attached hydrogens (primary N) is 1. The SMILES string of the molecule is NCCN1C(=O)CCSc2ccccc21. The fraction of sp³-hybridized carbons (Fsp3) is 0.364. The van der Waals surface area contributed by atoms with Crippen molar-refractivity contribution >= 4 is 23.4 Å². The Labute approximate surface area is 93.6 Å². The standard InChI is InChI=1S/C11H14N2OS/c12-6-7-13-9-3-1-2-4-10(9)15-8-5-11(13)14/h1-4H,5-8,12H2. The summed E-state index contributed by atoms with van der Waals surface area (Å²) in [6.07, 6.45) is 0.597.